The van der Waals surface area contributed by atoms with E-state index in [0.717, 1.165) is 0 Å². The average molecular weight is 1050 g/mol. The normalized spacial score (nSPS) is 16.0. The van der Waals surface area contributed by atoms with Crippen LogP contribution in [0.2, 0.25) is 0 Å². The van der Waals surface area contributed by atoms with E-state index in [1.807, 2.05) is 0 Å². The maximum atomic E-state index is 13.1. The molecular formula is C34H27Br5N4O10. The predicted molar refractivity (Wildman–Crippen MR) is 210 cm³/mol. The van der Waals surface area contributed by atoms with Gasteiger partial charge in [0, 0.05) is 37.6 Å². The van der Waals surface area contributed by atoms with Crippen molar-refractivity contribution in [3.8, 4) is 46.0 Å². The second-order valence-electron chi connectivity index (χ2n) is 11.4. The first-order valence-electron chi connectivity index (χ1n) is 15.3. The summed E-state index contributed by atoms with van der Waals surface area (Å²) in [4.78, 5) is 26.2. The van der Waals surface area contributed by atoms with Gasteiger partial charge in [-0.15, -0.1) is 0 Å². The lowest BCUT2D eigenvalue weighted by Gasteiger charge is -2.17. The van der Waals surface area contributed by atoms with E-state index < -0.39 is 11.8 Å². The van der Waals surface area contributed by atoms with E-state index in [-0.39, 0.29) is 115 Å². The van der Waals surface area contributed by atoms with Crippen molar-refractivity contribution in [3.05, 3.63) is 87.1 Å². The zero-order chi connectivity index (χ0) is 38.6. The number of aromatic hydroxyl groups is 4. The van der Waals surface area contributed by atoms with Crippen molar-refractivity contribution in [1.29, 1.82) is 0 Å². The Bertz CT molecular complexity index is 2180. The molecule has 0 unspecified atom stereocenters. The SMILES string of the molecule is O=C1NCCc2cc(Br)c(O)c(c2)Oc2cc(O)c(cc2Br)CCNC(=O)/C(=N/O)Cc2c(O)cc(Br)c(c2Br)Oc2cc(cc(Br)c2O)C/C1=N\O. The number of nitrogens with one attached hydrogen (secondary N) is 2. The maximum Gasteiger partial charge on any atom is 0.269 e. The summed E-state index contributed by atoms with van der Waals surface area (Å²) in [7, 11) is 0. The molecule has 2 aliphatic rings. The molecule has 0 saturated heterocycles. The number of hydrogen-bond acceptors (Lipinski definition) is 12. The van der Waals surface area contributed by atoms with E-state index in [2.05, 4.69) is 101 Å². The maximum absolute atomic E-state index is 13.1. The van der Waals surface area contributed by atoms with E-state index >= 15 is 0 Å². The molecule has 4 aromatic rings. The number of phenols is 4. The number of rotatable bonds is 0. The Morgan fingerprint density at radius 3 is 1.79 bits per heavy atom. The highest BCUT2D eigenvalue weighted by molar-refractivity contribution is 9.11. The van der Waals surface area contributed by atoms with Gasteiger partial charge in [0.15, 0.2) is 28.7 Å². The first kappa shape index (κ1) is 40.2. The van der Waals surface area contributed by atoms with Gasteiger partial charge in [0.05, 0.1) is 22.4 Å². The van der Waals surface area contributed by atoms with E-state index in [1.165, 1.54) is 24.3 Å². The Hall–Kier alpha value is -4.04. The number of amides is 2. The fraction of sp³-hybridized carbons (Fsp3) is 0.176. The zero-order valence-corrected chi connectivity index (χ0v) is 34.8. The van der Waals surface area contributed by atoms with Gasteiger partial charge in [-0.1, -0.05) is 10.3 Å². The number of benzene rings is 4. The summed E-state index contributed by atoms with van der Waals surface area (Å²) in [5.74, 6) is -2.21. The lowest BCUT2D eigenvalue weighted by molar-refractivity contribution is -0.115. The summed E-state index contributed by atoms with van der Waals surface area (Å²) < 4.78 is 13.3. The van der Waals surface area contributed by atoms with Crippen LogP contribution in [0, 0.1) is 0 Å². The Balaban J connectivity index is 1.53. The topological polar surface area (TPSA) is 223 Å². The number of phenolic OH excluding ortho intramolecular Hbond substituents is 4. The number of oxime groups is 2. The molecule has 0 spiro atoms. The molecule has 0 saturated carbocycles. The lowest BCUT2D eigenvalue weighted by atomic mass is 10.1. The fourth-order valence-corrected chi connectivity index (χ4v) is 8.00. The minimum Gasteiger partial charge on any atom is -0.508 e. The summed E-state index contributed by atoms with van der Waals surface area (Å²) in [5, 5.41) is 74.4. The Labute approximate surface area is 343 Å². The molecule has 19 heteroatoms. The minimum absolute atomic E-state index is 0.0133. The summed E-state index contributed by atoms with van der Waals surface area (Å²) in [6.45, 7) is 0.116. The summed E-state index contributed by atoms with van der Waals surface area (Å²) in [5.41, 5.74) is 0.970. The molecule has 2 aliphatic heterocycles. The van der Waals surface area contributed by atoms with Gasteiger partial charge in [-0.2, -0.15) is 0 Å². The molecule has 4 aromatic carbocycles. The highest BCUT2D eigenvalue weighted by atomic mass is 79.9. The molecule has 0 radical (unpaired) electrons. The Morgan fingerprint density at radius 1 is 0.585 bits per heavy atom. The molecule has 0 aliphatic carbocycles. The van der Waals surface area contributed by atoms with Crippen LogP contribution in [0.25, 0.3) is 0 Å². The van der Waals surface area contributed by atoms with Crippen molar-refractivity contribution < 1.29 is 49.9 Å². The number of ether oxygens (including phenoxy) is 2. The molecule has 0 atom stereocenters. The highest BCUT2D eigenvalue weighted by Gasteiger charge is 2.24. The third kappa shape index (κ3) is 9.37. The van der Waals surface area contributed by atoms with Crippen LogP contribution in [-0.4, -0.2) is 67.2 Å². The fourth-order valence-electron chi connectivity index (χ4n) is 5.15. The van der Waals surface area contributed by atoms with E-state index in [0.29, 0.717) is 25.6 Å². The van der Waals surface area contributed by atoms with Gasteiger partial charge in [-0.25, -0.2) is 0 Å². The molecule has 8 bridgehead atoms. The molecular weight excluding hydrogens is 1020 g/mol. The van der Waals surface area contributed by atoms with Crippen molar-refractivity contribution >= 4 is 103 Å². The summed E-state index contributed by atoms with van der Waals surface area (Å²) >= 11 is 16.8. The van der Waals surface area contributed by atoms with Gasteiger partial charge in [-0.3, -0.25) is 9.59 Å². The smallest absolute Gasteiger partial charge is 0.269 e. The van der Waals surface area contributed by atoms with E-state index in [4.69, 9.17) is 9.47 Å². The van der Waals surface area contributed by atoms with Crippen molar-refractivity contribution in [2.75, 3.05) is 13.1 Å². The van der Waals surface area contributed by atoms with E-state index in [1.54, 1.807) is 18.2 Å². The van der Waals surface area contributed by atoms with Gasteiger partial charge in [0.25, 0.3) is 11.8 Å². The molecule has 2 amide bonds. The number of nitrogens with zero attached hydrogens (tertiary/aromatic N) is 2. The summed E-state index contributed by atoms with van der Waals surface area (Å²) in [6.07, 6.45) is -0.123. The molecule has 8 N–H and O–H groups in total. The van der Waals surface area contributed by atoms with Crippen LogP contribution in [0.4, 0.5) is 0 Å². The first-order valence-corrected chi connectivity index (χ1v) is 19.2. The van der Waals surface area contributed by atoms with Gasteiger partial charge in [-0.05, 0) is 146 Å². The Kier molecular flexibility index (Phi) is 13.2. The lowest BCUT2D eigenvalue weighted by Crippen LogP contribution is -2.33. The van der Waals surface area contributed by atoms with Crippen LogP contribution in [0.3, 0.4) is 0 Å². The molecule has 278 valence electrons. The quantitative estimate of drug-likeness (QED) is 0.0634. The third-order valence-corrected chi connectivity index (χ3v) is 11.1. The second kappa shape index (κ2) is 17.4. The number of carbonyl (C=O) groups is 2. The van der Waals surface area contributed by atoms with Crippen LogP contribution in [0.1, 0.15) is 22.3 Å². The highest BCUT2D eigenvalue weighted by Crippen LogP contribution is 2.47. The van der Waals surface area contributed by atoms with Crippen molar-refractivity contribution in [2.45, 2.75) is 25.7 Å². The molecule has 14 nitrogen and oxygen atoms in total. The summed E-state index contributed by atoms with van der Waals surface area (Å²) in [6, 6.07) is 10.4. The molecule has 0 fully saturated rings. The number of fused-ring (bicyclic) bond motifs is 12. The second-order valence-corrected chi connectivity index (χ2v) is 15.6. The van der Waals surface area contributed by atoms with Crippen LogP contribution in [0.5, 0.6) is 46.0 Å². The Morgan fingerprint density at radius 2 is 1.15 bits per heavy atom. The first-order chi connectivity index (χ1) is 25.2. The minimum atomic E-state index is -0.763. The van der Waals surface area contributed by atoms with Crippen LogP contribution in [-0.2, 0) is 35.3 Å². The van der Waals surface area contributed by atoms with Gasteiger partial charge >= 0.3 is 0 Å². The van der Waals surface area contributed by atoms with Gasteiger partial charge < -0.3 is 50.9 Å². The number of halogens is 5. The third-order valence-electron chi connectivity index (χ3n) is 7.86. The van der Waals surface area contributed by atoms with Crippen LogP contribution >= 0.6 is 79.6 Å². The van der Waals surface area contributed by atoms with Crippen LogP contribution < -0.4 is 20.1 Å². The zero-order valence-electron chi connectivity index (χ0n) is 26.9. The van der Waals surface area contributed by atoms with E-state index in [9.17, 15) is 40.4 Å². The number of hydrogen-bond donors (Lipinski definition) is 8. The van der Waals surface area contributed by atoms with Crippen molar-refractivity contribution in [2.24, 2.45) is 10.3 Å². The van der Waals surface area contributed by atoms with Gasteiger partial charge in [0.2, 0.25) is 0 Å². The van der Waals surface area contributed by atoms with Gasteiger partial charge in [0.1, 0.15) is 28.7 Å². The van der Waals surface area contributed by atoms with Crippen LogP contribution in [0.15, 0.2) is 75.1 Å². The largest absolute Gasteiger partial charge is 0.508 e. The predicted octanol–water partition coefficient (Wildman–Crippen LogP) is 7.68. The van der Waals surface area contributed by atoms with Crippen molar-refractivity contribution in [3.63, 3.8) is 0 Å². The number of carbonyl (C=O) groups excluding carboxylic acids is 2. The molecule has 2 heterocycles. The monoisotopic (exact) mass is 1050 g/mol. The molecule has 0 aromatic heterocycles. The standard InChI is InChI=1S/C34H27Br5N4O10/c35-18-10-16-2-4-41-34(49)23(43-51)11-17-25(45)12-21(38)32(29(17)39)53-28-9-15(6-20(37)31(28)47)7-22(42-50)33(48)40-3-1-14-5-19(36)30(46)27(8-14)52-26(18)13-24(16)44/h5-6,8-10,12-13,44-47,50-51H,1-4,7,11H2,(H,40,48)(H,41,49)/b42-22+,43-23+. The average Bonchev–Trinajstić information content (AvgIpc) is 3.10. The van der Waals surface area contributed by atoms with Crippen molar-refractivity contribution in [1.82, 2.24) is 10.6 Å². The molecule has 53 heavy (non-hydrogen) atoms. The molecule has 6 rings (SSSR count).